The van der Waals surface area contributed by atoms with E-state index in [2.05, 4.69) is 5.16 Å². The number of hydrogen-bond donors (Lipinski definition) is 1. The second-order valence-electron chi connectivity index (χ2n) is 4.12. The lowest BCUT2D eigenvalue weighted by Gasteiger charge is -2.18. The average molecular weight is 220 g/mol. The summed E-state index contributed by atoms with van der Waals surface area (Å²) in [5, 5.41) is 3.60. The van der Waals surface area contributed by atoms with Crippen molar-refractivity contribution in [3.63, 3.8) is 0 Å². The van der Waals surface area contributed by atoms with Gasteiger partial charge in [0.15, 0.2) is 0 Å². The van der Waals surface area contributed by atoms with Crippen molar-refractivity contribution >= 4 is 5.88 Å². The number of hydrogen-bond acceptors (Lipinski definition) is 3. The monoisotopic (exact) mass is 220 g/mol. The standard InChI is InChI=1S/C12H13FN2O/c1-12(2,13)10-6-4-3-5-8(10)9-7-15-16-11(9)14/h3-7H,14H2,1-2H3. The molecule has 2 rings (SSSR count). The lowest BCUT2D eigenvalue weighted by atomic mass is 9.92. The minimum atomic E-state index is -1.43. The highest BCUT2D eigenvalue weighted by atomic mass is 19.1. The van der Waals surface area contributed by atoms with Crippen molar-refractivity contribution in [1.29, 1.82) is 0 Å². The van der Waals surface area contributed by atoms with E-state index in [1.54, 1.807) is 18.2 Å². The van der Waals surface area contributed by atoms with Crippen LogP contribution in [0.1, 0.15) is 19.4 Å². The fourth-order valence-electron chi connectivity index (χ4n) is 1.69. The second-order valence-corrected chi connectivity index (χ2v) is 4.12. The number of aromatic nitrogens is 1. The van der Waals surface area contributed by atoms with Crippen LogP contribution in [0.4, 0.5) is 10.3 Å². The molecule has 0 unspecified atom stereocenters. The van der Waals surface area contributed by atoms with Gasteiger partial charge in [-0.1, -0.05) is 29.4 Å². The first-order valence-electron chi connectivity index (χ1n) is 4.99. The fourth-order valence-corrected chi connectivity index (χ4v) is 1.69. The molecule has 0 spiro atoms. The van der Waals surface area contributed by atoms with Crippen LogP contribution in [-0.2, 0) is 5.67 Å². The third kappa shape index (κ3) is 1.78. The molecule has 0 saturated carbocycles. The summed E-state index contributed by atoms with van der Waals surface area (Å²) in [5.74, 6) is 0.205. The zero-order valence-corrected chi connectivity index (χ0v) is 9.20. The molecule has 0 radical (unpaired) electrons. The van der Waals surface area contributed by atoms with Crippen LogP contribution < -0.4 is 5.73 Å². The van der Waals surface area contributed by atoms with Crippen molar-refractivity contribution in [1.82, 2.24) is 5.16 Å². The molecule has 2 aromatic rings. The predicted octanol–water partition coefficient (Wildman–Crippen LogP) is 3.13. The van der Waals surface area contributed by atoms with Crippen LogP contribution in [0, 0.1) is 0 Å². The maximum atomic E-state index is 14.0. The molecule has 1 aromatic heterocycles. The van der Waals surface area contributed by atoms with Gasteiger partial charge in [-0.3, -0.25) is 0 Å². The van der Waals surface area contributed by atoms with Crippen LogP contribution in [0.5, 0.6) is 0 Å². The molecular formula is C12H13FN2O. The Morgan fingerprint density at radius 1 is 1.25 bits per heavy atom. The van der Waals surface area contributed by atoms with Crippen molar-refractivity contribution in [3.8, 4) is 11.1 Å². The minimum absolute atomic E-state index is 0.205. The fraction of sp³-hybridized carbons (Fsp3) is 0.250. The Labute approximate surface area is 93.1 Å². The van der Waals surface area contributed by atoms with E-state index < -0.39 is 5.67 Å². The normalized spacial score (nSPS) is 11.7. The van der Waals surface area contributed by atoms with Crippen molar-refractivity contribution in [3.05, 3.63) is 36.0 Å². The van der Waals surface area contributed by atoms with E-state index in [9.17, 15) is 4.39 Å². The Hall–Kier alpha value is -1.84. The summed E-state index contributed by atoms with van der Waals surface area (Å²) >= 11 is 0. The number of nitrogen functional groups attached to an aromatic ring is 1. The van der Waals surface area contributed by atoms with Crippen molar-refractivity contribution in [2.75, 3.05) is 5.73 Å². The van der Waals surface area contributed by atoms with E-state index in [4.69, 9.17) is 10.3 Å². The molecule has 0 saturated heterocycles. The summed E-state index contributed by atoms with van der Waals surface area (Å²) in [7, 11) is 0. The molecule has 0 fully saturated rings. The molecule has 0 bridgehead atoms. The van der Waals surface area contributed by atoms with Gasteiger partial charge in [-0.25, -0.2) is 4.39 Å². The van der Waals surface area contributed by atoms with Gasteiger partial charge in [0.1, 0.15) is 5.67 Å². The third-order valence-corrected chi connectivity index (χ3v) is 2.46. The van der Waals surface area contributed by atoms with Gasteiger partial charge in [0.2, 0.25) is 5.88 Å². The number of alkyl halides is 1. The predicted molar refractivity (Wildman–Crippen MR) is 60.5 cm³/mol. The molecule has 0 amide bonds. The molecule has 0 atom stereocenters. The van der Waals surface area contributed by atoms with Crippen molar-refractivity contribution < 1.29 is 8.91 Å². The van der Waals surface area contributed by atoms with E-state index in [0.717, 1.165) is 0 Å². The van der Waals surface area contributed by atoms with Crippen molar-refractivity contribution in [2.24, 2.45) is 0 Å². The highest BCUT2D eigenvalue weighted by Crippen LogP contribution is 2.36. The summed E-state index contributed by atoms with van der Waals surface area (Å²) in [4.78, 5) is 0. The maximum Gasteiger partial charge on any atom is 0.229 e. The number of halogens is 1. The summed E-state index contributed by atoms with van der Waals surface area (Å²) in [5.41, 5.74) is 6.12. The van der Waals surface area contributed by atoms with Gasteiger partial charge in [-0.15, -0.1) is 0 Å². The van der Waals surface area contributed by atoms with Gasteiger partial charge in [-0.05, 0) is 25.0 Å². The van der Waals surface area contributed by atoms with E-state index in [-0.39, 0.29) is 5.88 Å². The number of nitrogens with two attached hydrogens (primary N) is 1. The molecule has 84 valence electrons. The van der Waals surface area contributed by atoms with Crippen LogP contribution in [0.15, 0.2) is 35.0 Å². The lowest BCUT2D eigenvalue weighted by Crippen LogP contribution is -2.10. The quantitative estimate of drug-likeness (QED) is 0.845. The van der Waals surface area contributed by atoms with Gasteiger partial charge in [0.25, 0.3) is 0 Å². The summed E-state index contributed by atoms with van der Waals surface area (Å²) in [6, 6.07) is 7.17. The van der Waals surface area contributed by atoms with Crippen LogP contribution >= 0.6 is 0 Å². The van der Waals surface area contributed by atoms with E-state index in [1.165, 1.54) is 20.0 Å². The Bertz CT molecular complexity index is 500. The van der Waals surface area contributed by atoms with Gasteiger partial charge in [0.05, 0.1) is 11.8 Å². The molecule has 0 aliphatic rings. The molecule has 3 nitrogen and oxygen atoms in total. The van der Waals surface area contributed by atoms with Crippen molar-refractivity contribution in [2.45, 2.75) is 19.5 Å². The van der Waals surface area contributed by atoms with E-state index in [0.29, 0.717) is 16.7 Å². The molecule has 0 aliphatic carbocycles. The first kappa shape index (κ1) is 10.7. The van der Waals surface area contributed by atoms with Gasteiger partial charge in [0, 0.05) is 0 Å². The third-order valence-electron chi connectivity index (χ3n) is 2.46. The smallest absolute Gasteiger partial charge is 0.229 e. The number of rotatable bonds is 2. The van der Waals surface area contributed by atoms with Gasteiger partial charge >= 0.3 is 0 Å². The maximum absolute atomic E-state index is 14.0. The molecule has 0 aliphatic heterocycles. The van der Waals surface area contributed by atoms with Gasteiger partial charge in [-0.2, -0.15) is 0 Å². The molecule has 16 heavy (non-hydrogen) atoms. The molecule has 2 N–H and O–H groups in total. The number of benzene rings is 1. The lowest BCUT2D eigenvalue weighted by molar-refractivity contribution is 0.222. The first-order valence-corrected chi connectivity index (χ1v) is 4.99. The summed E-state index contributed by atoms with van der Waals surface area (Å²) < 4.78 is 18.8. The van der Waals surface area contributed by atoms with Gasteiger partial charge < -0.3 is 10.3 Å². The van der Waals surface area contributed by atoms with E-state index in [1.807, 2.05) is 6.07 Å². The number of anilines is 1. The first-order chi connectivity index (χ1) is 7.50. The molecule has 1 aromatic carbocycles. The molecular weight excluding hydrogens is 207 g/mol. The topological polar surface area (TPSA) is 52.0 Å². The van der Waals surface area contributed by atoms with Crippen LogP contribution in [0.3, 0.4) is 0 Å². The molecule has 4 heteroatoms. The number of nitrogens with zero attached hydrogens (tertiary/aromatic N) is 1. The Kier molecular flexibility index (Phi) is 2.42. The molecule has 1 heterocycles. The van der Waals surface area contributed by atoms with E-state index >= 15 is 0 Å². The average Bonchev–Trinajstić information content (AvgIpc) is 2.63. The highest BCUT2D eigenvalue weighted by Gasteiger charge is 2.24. The Morgan fingerprint density at radius 2 is 1.94 bits per heavy atom. The zero-order valence-electron chi connectivity index (χ0n) is 9.20. The largest absolute Gasteiger partial charge is 0.367 e. The van der Waals surface area contributed by atoms with Crippen LogP contribution in [0.2, 0.25) is 0 Å². The summed E-state index contributed by atoms with van der Waals surface area (Å²) in [6.07, 6.45) is 1.50. The van der Waals surface area contributed by atoms with Crippen LogP contribution in [0.25, 0.3) is 11.1 Å². The Balaban J connectivity index is 2.62. The minimum Gasteiger partial charge on any atom is -0.367 e. The highest BCUT2D eigenvalue weighted by molar-refractivity contribution is 5.75. The second kappa shape index (κ2) is 3.63. The van der Waals surface area contributed by atoms with Crippen LogP contribution in [-0.4, -0.2) is 5.16 Å². The summed E-state index contributed by atoms with van der Waals surface area (Å²) in [6.45, 7) is 3.02. The SMILES string of the molecule is CC(C)(F)c1ccccc1-c1cnoc1N. The zero-order chi connectivity index (χ0) is 11.8. The Morgan fingerprint density at radius 3 is 2.50 bits per heavy atom.